The normalized spacial score (nSPS) is 12.7. The Morgan fingerprint density at radius 1 is 0.750 bits per heavy atom. The lowest BCUT2D eigenvalue weighted by Gasteiger charge is -2.32. The Balaban J connectivity index is 3.34. The maximum atomic E-state index is 4.85. The molecule has 1 heterocycles. The molecule has 0 aliphatic rings. The molecule has 1 rings (SSSR count). The minimum atomic E-state index is -0.171. The lowest BCUT2D eigenvalue weighted by atomic mass is 10.5. The summed E-state index contributed by atoms with van der Waals surface area (Å²) in [7, 11) is -0.294. The Labute approximate surface area is 128 Å². The van der Waals surface area contributed by atoms with Gasteiger partial charge in [-0.1, -0.05) is 69.4 Å². The molecule has 3 heteroatoms. The SMILES string of the molecule is CC(C)P(c1cccnc1P(C(C)C)C(C)C)C(C)C. The number of aromatic nitrogens is 1. The van der Waals surface area contributed by atoms with Crippen molar-refractivity contribution in [2.75, 3.05) is 0 Å². The Bertz CT molecular complexity index is 358. The van der Waals surface area contributed by atoms with E-state index in [1.165, 1.54) is 5.44 Å². The summed E-state index contributed by atoms with van der Waals surface area (Å²) in [4.78, 5) is 4.85. The third-order valence-corrected chi connectivity index (χ3v) is 9.90. The van der Waals surface area contributed by atoms with Gasteiger partial charge in [-0.05, 0) is 36.6 Å². The fourth-order valence-electron chi connectivity index (χ4n) is 3.03. The van der Waals surface area contributed by atoms with E-state index in [0.717, 1.165) is 11.3 Å². The van der Waals surface area contributed by atoms with Crippen LogP contribution in [-0.4, -0.2) is 27.6 Å². The smallest absolute Gasteiger partial charge is 0.0712 e. The van der Waals surface area contributed by atoms with E-state index in [0.29, 0.717) is 11.3 Å². The van der Waals surface area contributed by atoms with Crippen molar-refractivity contribution in [3.05, 3.63) is 18.3 Å². The molecule has 0 aliphatic heterocycles. The van der Waals surface area contributed by atoms with Crippen molar-refractivity contribution in [1.29, 1.82) is 0 Å². The number of pyridine rings is 1. The van der Waals surface area contributed by atoms with Crippen molar-refractivity contribution in [3.8, 4) is 0 Å². The molecule has 0 unspecified atom stereocenters. The van der Waals surface area contributed by atoms with Crippen molar-refractivity contribution in [2.45, 2.75) is 78.0 Å². The van der Waals surface area contributed by atoms with Crippen LogP contribution < -0.4 is 10.7 Å². The van der Waals surface area contributed by atoms with E-state index in [1.54, 1.807) is 5.30 Å². The number of hydrogen-bond acceptors (Lipinski definition) is 1. The van der Waals surface area contributed by atoms with Crippen molar-refractivity contribution in [1.82, 2.24) is 4.98 Å². The molecule has 0 amide bonds. The van der Waals surface area contributed by atoms with Crippen LogP contribution in [0, 0.1) is 0 Å². The first-order valence-corrected chi connectivity index (χ1v) is 10.7. The van der Waals surface area contributed by atoms with Gasteiger partial charge < -0.3 is 0 Å². The van der Waals surface area contributed by atoms with Crippen LogP contribution in [0.5, 0.6) is 0 Å². The molecule has 114 valence electrons. The lowest BCUT2D eigenvalue weighted by molar-refractivity contribution is 1.01. The highest BCUT2D eigenvalue weighted by atomic mass is 31.1. The van der Waals surface area contributed by atoms with Crippen LogP contribution in [0.25, 0.3) is 0 Å². The summed E-state index contributed by atoms with van der Waals surface area (Å²) >= 11 is 0. The minimum Gasteiger partial charge on any atom is -0.256 e. The highest BCUT2D eigenvalue weighted by molar-refractivity contribution is 7.73. The number of hydrogen-bond donors (Lipinski definition) is 0. The molecule has 20 heavy (non-hydrogen) atoms. The second-order valence-corrected chi connectivity index (χ2v) is 13.2. The lowest BCUT2D eigenvalue weighted by Crippen LogP contribution is -2.33. The second kappa shape index (κ2) is 7.86. The molecule has 0 N–H and O–H groups in total. The van der Waals surface area contributed by atoms with Crippen LogP contribution in [0.4, 0.5) is 0 Å². The van der Waals surface area contributed by atoms with Crippen LogP contribution in [-0.2, 0) is 0 Å². The van der Waals surface area contributed by atoms with Gasteiger partial charge >= 0.3 is 0 Å². The fourth-order valence-corrected chi connectivity index (χ4v) is 9.28. The Kier molecular flexibility index (Phi) is 7.10. The Hall–Kier alpha value is 0.01000. The molecule has 1 nitrogen and oxygen atoms in total. The van der Waals surface area contributed by atoms with E-state index in [2.05, 4.69) is 67.5 Å². The van der Waals surface area contributed by atoms with E-state index < -0.39 is 0 Å². The molecule has 0 bridgehead atoms. The van der Waals surface area contributed by atoms with Crippen LogP contribution in [0.1, 0.15) is 55.4 Å². The summed E-state index contributed by atoms with van der Waals surface area (Å²) in [6.07, 6.45) is 1.99. The van der Waals surface area contributed by atoms with E-state index in [-0.39, 0.29) is 15.8 Å². The molecule has 0 saturated heterocycles. The molecule has 0 fully saturated rings. The van der Waals surface area contributed by atoms with Gasteiger partial charge in [-0.2, -0.15) is 0 Å². The third-order valence-electron chi connectivity index (χ3n) is 3.51. The molecule has 1 aromatic heterocycles. The minimum absolute atomic E-state index is 0.123. The first-order chi connectivity index (χ1) is 9.27. The average molecular weight is 311 g/mol. The summed E-state index contributed by atoms with van der Waals surface area (Å²) in [5.74, 6) is 0. The van der Waals surface area contributed by atoms with Gasteiger partial charge in [0.05, 0.1) is 5.44 Å². The van der Waals surface area contributed by atoms with Gasteiger partial charge in [0.2, 0.25) is 0 Å². The maximum absolute atomic E-state index is 4.85. The van der Waals surface area contributed by atoms with Crippen molar-refractivity contribution in [3.63, 3.8) is 0 Å². The van der Waals surface area contributed by atoms with Gasteiger partial charge in [0, 0.05) is 11.5 Å². The zero-order valence-corrected chi connectivity index (χ0v) is 16.2. The molecule has 0 aliphatic carbocycles. The maximum Gasteiger partial charge on any atom is 0.0712 e. The van der Waals surface area contributed by atoms with E-state index >= 15 is 0 Å². The topological polar surface area (TPSA) is 12.9 Å². The zero-order valence-electron chi connectivity index (χ0n) is 14.4. The van der Waals surface area contributed by atoms with Crippen LogP contribution in [0.3, 0.4) is 0 Å². The van der Waals surface area contributed by atoms with Crippen molar-refractivity contribution in [2.24, 2.45) is 0 Å². The summed E-state index contributed by atoms with van der Waals surface area (Å²) in [6, 6.07) is 4.49. The summed E-state index contributed by atoms with van der Waals surface area (Å²) < 4.78 is 0. The molecule has 1 aromatic rings. The number of nitrogens with zero attached hydrogens (tertiary/aromatic N) is 1. The molecular weight excluding hydrogens is 280 g/mol. The summed E-state index contributed by atoms with van der Waals surface area (Å²) in [5, 5.41) is 1.57. The summed E-state index contributed by atoms with van der Waals surface area (Å²) in [6.45, 7) is 18.9. The first kappa shape index (κ1) is 18.1. The molecule has 0 radical (unpaired) electrons. The van der Waals surface area contributed by atoms with E-state index in [4.69, 9.17) is 4.98 Å². The van der Waals surface area contributed by atoms with Gasteiger partial charge in [0.1, 0.15) is 0 Å². The predicted octanol–water partition coefficient (Wildman–Crippen LogP) is 4.93. The first-order valence-electron chi connectivity index (χ1n) is 7.79. The van der Waals surface area contributed by atoms with Crippen molar-refractivity contribution < 1.29 is 0 Å². The Morgan fingerprint density at radius 2 is 1.20 bits per heavy atom. The third kappa shape index (κ3) is 4.25. The zero-order chi connectivity index (χ0) is 15.4. The van der Waals surface area contributed by atoms with Crippen LogP contribution >= 0.6 is 15.8 Å². The molecule has 0 spiro atoms. The molecular formula is C17H31NP2. The molecule has 0 aromatic carbocycles. The highest BCUT2D eigenvalue weighted by Gasteiger charge is 2.28. The van der Waals surface area contributed by atoms with E-state index in [1.807, 2.05) is 6.20 Å². The average Bonchev–Trinajstić information content (AvgIpc) is 2.29. The van der Waals surface area contributed by atoms with Gasteiger partial charge in [0.25, 0.3) is 0 Å². The predicted molar refractivity (Wildman–Crippen MR) is 97.9 cm³/mol. The second-order valence-electron chi connectivity index (χ2n) is 6.54. The largest absolute Gasteiger partial charge is 0.256 e. The quantitative estimate of drug-likeness (QED) is 0.679. The van der Waals surface area contributed by atoms with Crippen molar-refractivity contribution >= 4 is 26.6 Å². The van der Waals surface area contributed by atoms with Gasteiger partial charge in [0.15, 0.2) is 0 Å². The fraction of sp³-hybridized carbons (Fsp3) is 0.706. The summed E-state index contributed by atoms with van der Waals surface area (Å²) in [5.41, 5.74) is 4.29. The monoisotopic (exact) mass is 311 g/mol. The Morgan fingerprint density at radius 3 is 1.60 bits per heavy atom. The van der Waals surface area contributed by atoms with E-state index in [9.17, 15) is 0 Å². The molecule has 0 saturated carbocycles. The standard InChI is InChI=1S/C17H31NP2/c1-12(2)19(13(3)4)16-10-9-11-18-17(16)20(14(5)6)15(7)8/h9-15H,1-8H3. The van der Waals surface area contributed by atoms with Gasteiger partial charge in [-0.3, -0.25) is 4.98 Å². The van der Waals surface area contributed by atoms with Gasteiger partial charge in [-0.25, -0.2) is 0 Å². The number of rotatable bonds is 6. The van der Waals surface area contributed by atoms with Gasteiger partial charge in [-0.15, -0.1) is 0 Å². The highest BCUT2D eigenvalue weighted by Crippen LogP contribution is 2.49. The van der Waals surface area contributed by atoms with Crippen LogP contribution in [0.15, 0.2) is 18.3 Å². The van der Waals surface area contributed by atoms with Crippen LogP contribution in [0.2, 0.25) is 0 Å². The molecule has 0 atom stereocenters.